The Morgan fingerprint density at radius 3 is 2.68 bits per heavy atom. The maximum absolute atomic E-state index is 12.3. The van der Waals surface area contributed by atoms with Crippen molar-refractivity contribution in [3.8, 4) is 17.1 Å². The number of anilines is 1. The van der Waals surface area contributed by atoms with Gasteiger partial charge >= 0.3 is 0 Å². The number of nitrogens with zero attached hydrogens (tertiary/aromatic N) is 4. The second-order valence-electron chi connectivity index (χ2n) is 9.32. The van der Waals surface area contributed by atoms with E-state index in [-0.39, 0.29) is 16.7 Å². The van der Waals surface area contributed by atoms with Crippen LogP contribution in [-0.2, 0) is 20.0 Å². The van der Waals surface area contributed by atoms with Gasteiger partial charge in [-0.25, -0.2) is 31.9 Å². The fourth-order valence-electron chi connectivity index (χ4n) is 4.89. The van der Waals surface area contributed by atoms with Crippen LogP contribution >= 0.6 is 15.9 Å². The summed E-state index contributed by atoms with van der Waals surface area (Å²) in [5, 5.41) is 8.82. The summed E-state index contributed by atoms with van der Waals surface area (Å²) in [5.74, 6) is 0.689. The van der Waals surface area contributed by atoms with Crippen molar-refractivity contribution in [2.24, 2.45) is 5.14 Å². The molecule has 0 aliphatic carbocycles. The molecule has 14 heteroatoms. The lowest BCUT2D eigenvalue weighted by atomic mass is 10.2. The number of sulfonamides is 2. The van der Waals surface area contributed by atoms with Gasteiger partial charge in [0.15, 0.2) is 5.65 Å². The molecule has 1 fully saturated rings. The summed E-state index contributed by atoms with van der Waals surface area (Å²) < 4.78 is 52.6. The molecule has 38 heavy (non-hydrogen) atoms. The highest BCUT2D eigenvalue weighted by Gasteiger charge is 2.31. The molecule has 1 aromatic carbocycles. The van der Waals surface area contributed by atoms with Gasteiger partial charge in [-0.1, -0.05) is 6.07 Å². The molecule has 1 saturated heterocycles. The molecule has 0 spiro atoms. The molecule has 3 aromatic heterocycles. The zero-order chi connectivity index (χ0) is 27.4. The molecule has 1 atom stereocenters. The van der Waals surface area contributed by atoms with Gasteiger partial charge in [0.05, 0.1) is 20.8 Å². The standard InChI is InChI=1S/C24H28BrN7O4S2/c1-4-37(33,34)31-9-8-16(13-31)28-21-20(25)12-27-24-22(21)29-23(30-24)19-10-14(2)32(15(19)3)17-6-5-7-18(11-17)38(26,35)36/h5-7,10-12,16H,4,8-9,13H2,1-3H3,(H2,26,35,36)(H2,27,28,29,30)/t16-/m0/s1. The predicted octanol–water partition coefficient (Wildman–Crippen LogP) is 3.28. The number of aromatic nitrogens is 4. The van der Waals surface area contributed by atoms with Crippen LogP contribution in [0.25, 0.3) is 28.2 Å². The molecule has 0 bridgehead atoms. The molecular weight excluding hydrogens is 594 g/mol. The van der Waals surface area contributed by atoms with Gasteiger partial charge < -0.3 is 14.9 Å². The Morgan fingerprint density at radius 1 is 1.21 bits per heavy atom. The molecule has 1 aliphatic heterocycles. The molecule has 1 aliphatic rings. The minimum absolute atomic E-state index is 0.0368. The summed E-state index contributed by atoms with van der Waals surface area (Å²) in [7, 11) is -7.08. The fraction of sp³-hybridized carbons (Fsp3) is 0.333. The van der Waals surface area contributed by atoms with E-state index in [4.69, 9.17) is 10.1 Å². The van der Waals surface area contributed by atoms with Gasteiger partial charge in [-0.05, 0) is 67.4 Å². The quantitative estimate of drug-likeness (QED) is 0.286. The van der Waals surface area contributed by atoms with E-state index in [2.05, 4.69) is 31.2 Å². The molecule has 0 unspecified atom stereocenters. The maximum Gasteiger partial charge on any atom is 0.238 e. The molecule has 5 rings (SSSR count). The number of benzene rings is 1. The van der Waals surface area contributed by atoms with E-state index in [0.717, 1.165) is 27.1 Å². The molecular formula is C24H28BrN7O4S2. The van der Waals surface area contributed by atoms with Crippen molar-refractivity contribution in [1.29, 1.82) is 0 Å². The topological polar surface area (TPSA) is 156 Å². The average Bonchev–Trinajstić information content (AvgIpc) is 3.58. The zero-order valence-corrected chi connectivity index (χ0v) is 24.3. The molecule has 0 radical (unpaired) electrons. The van der Waals surface area contributed by atoms with Crippen LogP contribution in [0.1, 0.15) is 24.7 Å². The smallest absolute Gasteiger partial charge is 0.238 e. The van der Waals surface area contributed by atoms with Crippen molar-refractivity contribution in [1.82, 2.24) is 23.8 Å². The highest BCUT2D eigenvalue weighted by atomic mass is 79.9. The lowest BCUT2D eigenvalue weighted by Gasteiger charge is -2.17. The third-order valence-electron chi connectivity index (χ3n) is 6.82. The largest absolute Gasteiger partial charge is 0.378 e. The van der Waals surface area contributed by atoms with E-state index in [9.17, 15) is 16.8 Å². The number of halogens is 1. The Labute approximate surface area is 229 Å². The van der Waals surface area contributed by atoms with Crippen LogP contribution in [0, 0.1) is 13.8 Å². The molecule has 11 nitrogen and oxygen atoms in total. The number of hydrogen-bond donors (Lipinski definition) is 3. The Hall–Kier alpha value is -2.78. The second kappa shape index (κ2) is 9.75. The molecule has 0 amide bonds. The zero-order valence-electron chi connectivity index (χ0n) is 21.1. The van der Waals surface area contributed by atoms with Crippen LogP contribution in [0.4, 0.5) is 5.69 Å². The lowest BCUT2D eigenvalue weighted by molar-refractivity contribution is 0.476. The third-order valence-corrected chi connectivity index (χ3v) is 10.2. The van der Waals surface area contributed by atoms with Crippen molar-refractivity contribution in [2.75, 3.05) is 24.2 Å². The van der Waals surface area contributed by atoms with Gasteiger partial charge in [-0.15, -0.1) is 0 Å². The second-order valence-corrected chi connectivity index (χ2v) is 14.0. The highest BCUT2D eigenvalue weighted by molar-refractivity contribution is 9.10. The van der Waals surface area contributed by atoms with E-state index in [1.165, 1.54) is 10.4 Å². The first kappa shape index (κ1) is 26.8. The van der Waals surface area contributed by atoms with Crippen molar-refractivity contribution in [2.45, 2.75) is 38.1 Å². The number of fused-ring (bicyclic) bond motifs is 1. The SMILES string of the molecule is CCS(=O)(=O)N1CC[C@H](Nc2c(Br)cnc3nc(-c4cc(C)n(-c5cccc(S(N)(=O)=O)c5)c4C)[nH]c23)C1. The minimum atomic E-state index is -3.84. The average molecular weight is 623 g/mol. The number of aromatic amines is 1. The highest BCUT2D eigenvalue weighted by Crippen LogP contribution is 2.34. The van der Waals surface area contributed by atoms with Crippen molar-refractivity contribution in [3.63, 3.8) is 0 Å². The first-order valence-electron chi connectivity index (χ1n) is 12.0. The fourth-order valence-corrected chi connectivity index (χ4v) is 7.01. The van der Waals surface area contributed by atoms with Crippen molar-refractivity contribution >= 4 is 52.8 Å². The molecule has 0 saturated carbocycles. The van der Waals surface area contributed by atoms with Gasteiger partial charge in [-0.2, -0.15) is 4.31 Å². The minimum Gasteiger partial charge on any atom is -0.378 e. The summed E-state index contributed by atoms with van der Waals surface area (Å²) in [5.41, 5.74) is 5.24. The number of rotatable bonds is 7. The van der Waals surface area contributed by atoms with Gasteiger partial charge in [0, 0.05) is 48.0 Å². The van der Waals surface area contributed by atoms with Crippen molar-refractivity contribution < 1.29 is 16.8 Å². The van der Waals surface area contributed by atoms with Crippen LogP contribution in [0.5, 0.6) is 0 Å². The molecule has 4 aromatic rings. The van der Waals surface area contributed by atoms with E-state index < -0.39 is 20.0 Å². The number of imidazole rings is 1. The normalized spacial score (nSPS) is 16.9. The number of H-pyrrole nitrogens is 1. The molecule has 4 heterocycles. The monoisotopic (exact) mass is 621 g/mol. The lowest BCUT2D eigenvalue weighted by Crippen LogP contribution is -2.32. The Balaban J connectivity index is 1.51. The Bertz CT molecular complexity index is 1760. The van der Waals surface area contributed by atoms with Crippen LogP contribution in [0.15, 0.2) is 45.9 Å². The number of aryl methyl sites for hydroxylation is 1. The number of nitrogens with two attached hydrogens (primary N) is 1. The first-order chi connectivity index (χ1) is 17.9. The predicted molar refractivity (Wildman–Crippen MR) is 150 cm³/mol. The summed E-state index contributed by atoms with van der Waals surface area (Å²) in [6.45, 7) is 6.39. The van der Waals surface area contributed by atoms with E-state index in [0.29, 0.717) is 42.2 Å². The first-order valence-corrected chi connectivity index (χ1v) is 15.9. The molecule has 202 valence electrons. The van der Waals surface area contributed by atoms with E-state index >= 15 is 0 Å². The number of hydrogen-bond acceptors (Lipinski definition) is 7. The Kier molecular flexibility index (Phi) is 6.88. The van der Waals surface area contributed by atoms with Crippen LogP contribution in [0.2, 0.25) is 0 Å². The van der Waals surface area contributed by atoms with E-state index in [1.807, 2.05) is 30.5 Å². The van der Waals surface area contributed by atoms with Crippen LogP contribution in [0.3, 0.4) is 0 Å². The van der Waals surface area contributed by atoms with Crippen LogP contribution < -0.4 is 10.5 Å². The Morgan fingerprint density at radius 2 is 1.97 bits per heavy atom. The van der Waals surface area contributed by atoms with Gasteiger partial charge in [0.25, 0.3) is 0 Å². The summed E-state index contributed by atoms with van der Waals surface area (Å²) in [6, 6.07) is 8.41. The van der Waals surface area contributed by atoms with Gasteiger partial charge in [-0.3, -0.25) is 0 Å². The summed E-state index contributed by atoms with van der Waals surface area (Å²) >= 11 is 3.57. The van der Waals surface area contributed by atoms with Crippen LogP contribution in [-0.4, -0.2) is 65.5 Å². The third kappa shape index (κ3) is 4.86. The number of pyridine rings is 1. The number of nitrogens with one attached hydrogen (secondary N) is 2. The van der Waals surface area contributed by atoms with E-state index in [1.54, 1.807) is 25.3 Å². The summed E-state index contributed by atoms with van der Waals surface area (Å²) in [4.78, 5) is 12.6. The maximum atomic E-state index is 12.3. The molecule has 4 N–H and O–H groups in total. The summed E-state index contributed by atoms with van der Waals surface area (Å²) in [6.07, 6.45) is 2.36. The van der Waals surface area contributed by atoms with Gasteiger partial charge in [0.1, 0.15) is 11.3 Å². The van der Waals surface area contributed by atoms with Crippen molar-refractivity contribution in [3.05, 3.63) is 52.4 Å². The number of primary sulfonamides is 1. The van der Waals surface area contributed by atoms with Gasteiger partial charge in [0.2, 0.25) is 20.0 Å².